The van der Waals surface area contributed by atoms with Crippen molar-refractivity contribution >= 4 is 25.3 Å². The normalized spacial score (nSPS) is 13.3. The first-order valence-electron chi connectivity index (χ1n) is 8.77. The van der Waals surface area contributed by atoms with Gasteiger partial charge in [0.1, 0.15) is 5.60 Å². The Kier molecular flexibility index (Phi) is 5.22. The van der Waals surface area contributed by atoms with E-state index in [-0.39, 0.29) is 11.1 Å². The van der Waals surface area contributed by atoms with E-state index in [2.05, 4.69) is 39.9 Å². The quantitative estimate of drug-likeness (QED) is 0.635. The summed E-state index contributed by atoms with van der Waals surface area (Å²) in [4.78, 5) is 12.4. The van der Waals surface area contributed by atoms with Crippen molar-refractivity contribution in [2.45, 2.75) is 71.9 Å². The van der Waals surface area contributed by atoms with Crippen LogP contribution in [0.1, 0.15) is 47.1 Å². The minimum atomic E-state index is -1.80. The number of rotatable bonds is 3. The van der Waals surface area contributed by atoms with Crippen LogP contribution >= 0.6 is 0 Å². The van der Waals surface area contributed by atoms with E-state index in [1.54, 1.807) is 10.8 Å². The molecule has 5 heteroatoms. The van der Waals surface area contributed by atoms with Crippen molar-refractivity contribution in [3.8, 4) is 0 Å². The van der Waals surface area contributed by atoms with Gasteiger partial charge in [-0.2, -0.15) is 0 Å². The minimum absolute atomic E-state index is 0.174. The summed E-state index contributed by atoms with van der Waals surface area (Å²) in [6.07, 6.45) is 1.40. The molecule has 0 N–H and O–H groups in total. The maximum Gasteiger partial charge on any atom is 0.418 e. The lowest BCUT2D eigenvalue weighted by molar-refractivity contribution is 0.0544. The molecular weight excluding hydrogens is 330 g/mol. The largest absolute Gasteiger partial charge is 0.443 e. The Morgan fingerprint density at radius 2 is 1.72 bits per heavy atom. The molecule has 0 radical (unpaired) electrons. The Balaban J connectivity index is 2.24. The van der Waals surface area contributed by atoms with Crippen LogP contribution in [0.4, 0.5) is 4.79 Å². The van der Waals surface area contributed by atoms with Gasteiger partial charge in [0.25, 0.3) is 0 Å². The number of nitrogens with zero attached hydrogens (tertiary/aromatic N) is 1. The molecule has 0 aliphatic carbocycles. The zero-order valence-electron chi connectivity index (χ0n) is 16.8. The molecule has 1 heterocycles. The summed E-state index contributed by atoms with van der Waals surface area (Å²) in [6, 6.07) is 8.04. The van der Waals surface area contributed by atoms with Gasteiger partial charge in [-0.3, -0.25) is 4.57 Å². The van der Waals surface area contributed by atoms with E-state index < -0.39 is 13.9 Å². The summed E-state index contributed by atoms with van der Waals surface area (Å²) in [6.45, 7) is 17.4. The number of aromatic nitrogens is 1. The first-order valence-corrected chi connectivity index (χ1v) is 11.7. The van der Waals surface area contributed by atoms with Gasteiger partial charge in [0, 0.05) is 11.6 Å². The van der Waals surface area contributed by atoms with Crippen molar-refractivity contribution in [3.63, 3.8) is 0 Å². The first-order chi connectivity index (χ1) is 11.3. The van der Waals surface area contributed by atoms with Crippen molar-refractivity contribution in [1.29, 1.82) is 0 Å². The minimum Gasteiger partial charge on any atom is -0.443 e. The molecule has 0 aliphatic rings. The van der Waals surface area contributed by atoms with Gasteiger partial charge in [-0.15, -0.1) is 0 Å². The van der Waals surface area contributed by atoms with E-state index in [0.717, 1.165) is 16.5 Å². The summed E-state index contributed by atoms with van der Waals surface area (Å²) in [5.41, 5.74) is 1.41. The zero-order valence-corrected chi connectivity index (χ0v) is 17.8. The van der Waals surface area contributed by atoms with Gasteiger partial charge in [0.15, 0.2) is 8.32 Å². The highest BCUT2D eigenvalue weighted by atomic mass is 28.4. The van der Waals surface area contributed by atoms with Gasteiger partial charge in [-0.25, -0.2) is 4.79 Å². The zero-order chi connectivity index (χ0) is 19.0. The molecule has 1 aromatic heterocycles. The second-order valence-electron chi connectivity index (χ2n) is 9.11. The molecule has 0 aliphatic heterocycles. The van der Waals surface area contributed by atoms with Crippen LogP contribution in [-0.2, 0) is 15.8 Å². The highest BCUT2D eigenvalue weighted by Crippen LogP contribution is 2.37. The van der Waals surface area contributed by atoms with Crippen LogP contribution < -0.4 is 0 Å². The molecule has 25 heavy (non-hydrogen) atoms. The predicted molar refractivity (Wildman–Crippen MR) is 106 cm³/mol. The summed E-state index contributed by atoms with van der Waals surface area (Å²) in [7, 11) is -1.80. The Morgan fingerprint density at radius 1 is 1.08 bits per heavy atom. The van der Waals surface area contributed by atoms with Crippen molar-refractivity contribution in [2.75, 3.05) is 0 Å². The van der Waals surface area contributed by atoms with Gasteiger partial charge < -0.3 is 9.16 Å². The molecule has 0 atom stereocenters. The van der Waals surface area contributed by atoms with Crippen LogP contribution in [0.5, 0.6) is 0 Å². The molecular formula is C20H31NO3Si. The standard InChI is InChI=1S/C20H31NO3Si/c1-19(2,3)24-18(22)21-12-11-16-10-9-15(13-17(16)21)14-23-25(7,8)20(4,5)6/h9-13H,14H2,1-8H3. The molecule has 138 valence electrons. The number of carbonyl (C=O) groups is 1. The third kappa shape index (κ3) is 4.73. The van der Waals surface area contributed by atoms with Gasteiger partial charge in [0.05, 0.1) is 12.1 Å². The van der Waals surface area contributed by atoms with E-state index in [1.807, 2.05) is 39.0 Å². The fraction of sp³-hybridized carbons (Fsp3) is 0.550. The number of benzene rings is 1. The van der Waals surface area contributed by atoms with Crippen LogP contribution in [0.2, 0.25) is 18.1 Å². The predicted octanol–water partition coefficient (Wildman–Crippen LogP) is 5.95. The molecule has 0 bridgehead atoms. The molecule has 2 rings (SSSR count). The maximum atomic E-state index is 12.4. The van der Waals surface area contributed by atoms with E-state index in [0.29, 0.717) is 6.61 Å². The van der Waals surface area contributed by atoms with Gasteiger partial charge in [0.2, 0.25) is 0 Å². The highest BCUT2D eigenvalue weighted by molar-refractivity contribution is 6.74. The molecule has 0 saturated carbocycles. The smallest absolute Gasteiger partial charge is 0.418 e. The van der Waals surface area contributed by atoms with E-state index in [4.69, 9.17) is 9.16 Å². The summed E-state index contributed by atoms with van der Waals surface area (Å²) >= 11 is 0. The third-order valence-electron chi connectivity index (χ3n) is 4.75. The lowest BCUT2D eigenvalue weighted by Crippen LogP contribution is -2.40. The van der Waals surface area contributed by atoms with Gasteiger partial charge >= 0.3 is 6.09 Å². The van der Waals surface area contributed by atoms with Gasteiger partial charge in [-0.1, -0.05) is 32.9 Å². The van der Waals surface area contributed by atoms with Crippen molar-refractivity contribution in [3.05, 3.63) is 36.0 Å². The molecule has 0 fully saturated rings. The van der Waals surface area contributed by atoms with Crippen molar-refractivity contribution < 1.29 is 14.0 Å². The lowest BCUT2D eigenvalue weighted by Gasteiger charge is -2.36. The Labute approximate surface area is 152 Å². The van der Waals surface area contributed by atoms with E-state index >= 15 is 0 Å². The van der Waals surface area contributed by atoms with Crippen molar-refractivity contribution in [1.82, 2.24) is 4.57 Å². The molecule has 2 aromatic rings. The van der Waals surface area contributed by atoms with Crippen LogP contribution in [0.15, 0.2) is 30.5 Å². The summed E-state index contributed by atoms with van der Waals surface area (Å²) in [5.74, 6) is 0. The SMILES string of the molecule is CC(C)(C)OC(=O)n1ccc2ccc(CO[Si](C)(C)C(C)(C)C)cc21. The monoisotopic (exact) mass is 361 g/mol. The Morgan fingerprint density at radius 3 is 2.28 bits per heavy atom. The van der Waals surface area contributed by atoms with E-state index in [9.17, 15) is 4.79 Å². The average molecular weight is 362 g/mol. The summed E-state index contributed by atoms with van der Waals surface area (Å²) in [5, 5.41) is 1.19. The third-order valence-corrected chi connectivity index (χ3v) is 9.23. The number of hydrogen-bond donors (Lipinski definition) is 0. The molecule has 0 spiro atoms. The van der Waals surface area contributed by atoms with Crippen LogP contribution in [0, 0.1) is 0 Å². The molecule has 1 aromatic carbocycles. The number of ether oxygens (including phenoxy) is 1. The first kappa shape index (κ1) is 19.7. The fourth-order valence-electron chi connectivity index (χ4n) is 2.21. The van der Waals surface area contributed by atoms with Crippen molar-refractivity contribution in [2.24, 2.45) is 0 Å². The Bertz CT molecular complexity index is 763. The number of carbonyl (C=O) groups excluding carboxylic acids is 1. The summed E-state index contributed by atoms with van der Waals surface area (Å²) < 4.78 is 13.4. The lowest BCUT2D eigenvalue weighted by atomic mass is 10.2. The highest BCUT2D eigenvalue weighted by Gasteiger charge is 2.37. The topological polar surface area (TPSA) is 40.5 Å². The second-order valence-corrected chi connectivity index (χ2v) is 13.9. The Hall–Kier alpha value is -1.59. The van der Waals surface area contributed by atoms with E-state index in [1.165, 1.54) is 0 Å². The number of fused-ring (bicyclic) bond motifs is 1. The molecule has 4 nitrogen and oxygen atoms in total. The molecule has 0 saturated heterocycles. The van der Waals surface area contributed by atoms with Gasteiger partial charge in [-0.05, 0) is 56.6 Å². The molecule has 0 amide bonds. The van der Waals surface area contributed by atoms with Crippen LogP contribution in [0.3, 0.4) is 0 Å². The van der Waals surface area contributed by atoms with Crippen LogP contribution in [-0.4, -0.2) is 24.6 Å². The maximum absolute atomic E-state index is 12.4. The fourth-order valence-corrected chi connectivity index (χ4v) is 3.17. The molecule has 0 unspecified atom stereocenters. The average Bonchev–Trinajstić information content (AvgIpc) is 2.85. The number of hydrogen-bond acceptors (Lipinski definition) is 3. The van der Waals surface area contributed by atoms with Crippen LogP contribution in [0.25, 0.3) is 10.9 Å². The second kappa shape index (κ2) is 6.61.